The SMILES string of the molecule is O=C(/C=C/c1ccc(O[C@@H]2O[C@H](CO)[C@@H](O)[C@H](O)[C@H]2O)cc1)OCc1ccc(O[C@@H]2O[C@H](CO)[C@@H](O)[C@H](O)[C@H]2O)cc1. The summed E-state index contributed by atoms with van der Waals surface area (Å²) >= 11 is 0. The van der Waals surface area contributed by atoms with Crippen molar-refractivity contribution in [2.24, 2.45) is 0 Å². The van der Waals surface area contributed by atoms with Crippen LogP contribution < -0.4 is 9.47 Å². The molecule has 2 heterocycles. The predicted octanol–water partition coefficient (Wildman–Crippen LogP) is -2.20. The fourth-order valence-electron chi connectivity index (χ4n) is 4.29. The van der Waals surface area contributed by atoms with Gasteiger partial charge in [-0.3, -0.25) is 0 Å². The first kappa shape index (κ1) is 31.8. The van der Waals surface area contributed by atoms with Gasteiger partial charge in [0, 0.05) is 6.08 Å². The number of benzene rings is 2. The average molecular weight is 595 g/mol. The molecule has 42 heavy (non-hydrogen) atoms. The number of aliphatic hydroxyl groups excluding tert-OH is 8. The molecule has 2 aromatic carbocycles. The molecule has 0 aliphatic carbocycles. The summed E-state index contributed by atoms with van der Waals surface area (Å²) < 4.78 is 26.9. The van der Waals surface area contributed by atoms with E-state index in [4.69, 9.17) is 23.7 Å². The minimum atomic E-state index is -1.56. The lowest BCUT2D eigenvalue weighted by Crippen LogP contribution is -2.60. The van der Waals surface area contributed by atoms with Gasteiger partial charge >= 0.3 is 5.97 Å². The van der Waals surface area contributed by atoms with Gasteiger partial charge in [0.15, 0.2) is 0 Å². The number of hydrogen-bond acceptors (Lipinski definition) is 14. The van der Waals surface area contributed by atoms with Gasteiger partial charge in [-0.25, -0.2) is 4.79 Å². The van der Waals surface area contributed by atoms with Crippen LogP contribution in [-0.4, -0.2) is 121 Å². The minimum Gasteiger partial charge on any atom is -0.462 e. The molecule has 0 saturated carbocycles. The standard InChI is InChI=1S/C28H34O14/c29-11-18-21(32)23(34)25(36)27(41-18)39-16-6-1-14(2-7-16)5-10-20(31)38-13-15-3-8-17(9-4-15)40-28-26(37)24(35)22(33)19(12-30)42-28/h1-10,18-19,21-30,32-37H,11-13H2/b10-5+/t18-,19-,21-,22-,23+,24+,25-,26-,27-,28-/m1/s1. The van der Waals surface area contributed by atoms with Crippen molar-refractivity contribution in [3.05, 3.63) is 65.7 Å². The van der Waals surface area contributed by atoms with E-state index in [1.807, 2.05) is 0 Å². The molecule has 0 spiro atoms. The van der Waals surface area contributed by atoms with Crippen LogP contribution in [0.25, 0.3) is 6.08 Å². The maximum atomic E-state index is 12.2. The Hall–Kier alpha value is -3.15. The molecule has 0 bridgehead atoms. The van der Waals surface area contributed by atoms with Crippen molar-refractivity contribution in [2.75, 3.05) is 13.2 Å². The van der Waals surface area contributed by atoms with Gasteiger partial charge in [-0.1, -0.05) is 24.3 Å². The van der Waals surface area contributed by atoms with Crippen LogP contribution in [0.4, 0.5) is 0 Å². The minimum absolute atomic E-state index is 0.0463. The number of hydrogen-bond donors (Lipinski definition) is 8. The van der Waals surface area contributed by atoms with Gasteiger partial charge in [0.1, 0.15) is 66.9 Å². The molecule has 14 heteroatoms. The van der Waals surface area contributed by atoms with E-state index in [1.165, 1.54) is 24.3 Å². The van der Waals surface area contributed by atoms with Crippen LogP contribution in [0.15, 0.2) is 54.6 Å². The topological polar surface area (TPSA) is 225 Å². The first-order chi connectivity index (χ1) is 20.1. The largest absolute Gasteiger partial charge is 0.462 e. The lowest BCUT2D eigenvalue weighted by atomic mass is 9.99. The quantitative estimate of drug-likeness (QED) is 0.108. The molecule has 0 radical (unpaired) electrons. The van der Waals surface area contributed by atoms with Crippen LogP contribution in [0.3, 0.4) is 0 Å². The first-order valence-corrected chi connectivity index (χ1v) is 13.1. The molecule has 4 rings (SSSR count). The molecule has 0 unspecified atom stereocenters. The molecule has 2 fully saturated rings. The zero-order valence-electron chi connectivity index (χ0n) is 22.2. The second-order valence-electron chi connectivity index (χ2n) is 9.78. The molecule has 2 aliphatic heterocycles. The fraction of sp³-hybridized carbons (Fsp3) is 0.464. The zero-order valence-corrected chi connectivity index (χ0v) is 22.2. The predicted molar refractivity (Wildman–Crippen MR) is 141 cm³/mol. The lowest BCUT2D eigenvalue weighted by Gasteiger charge is -2.39. The number of rotatable bonds is 10. The summed E-state index contributed by atoms with van der Waals surface area (Å²) in [5.41, 5.74) is 1.26. The molecule has 8 N–H and O–H groups in total. The number of esters is 1. The summed E-state index contributed by atoms with van der Waals surface area (Å²) in [6.07, 6.45) is -11.3. The fourth-order valence-corrected chi connectivity index (χ4v) is 4.29. The monoisotopic (exact) mass is 594 g/mol. The maximum absolute atomic E-state index is 12.2. The van der Waals surface area contributed by atoms with Gasteiger partial charge in [-0.05, 0) is 41.5 Å². The molecule has 0 aromatic heterocycles. The highest BCUT2D eigenvalue weighted by Crippen LogP contribution is 2.26. The van der Waals surface area contributed by atoms with Crippen molar-refractivity contribution >= 4 is 12.0 Å². The third-order valence-electron chi connectivity index (χ3n) is 6.80. The van der Waals surface area contributed by atoms with E-state index in [2.05, 4.69) is 0 Å². The van der Waals surface area contributed by atoms with Gasteiger partial charge in [0.2, 0.25) is 12.6 Å². The van der Waals surface area contributed by atoms with Gasteiger partial charge in [-0.2, -0.15) is 0 Å². The summed E-state index contributed by atoms with van der Waals surface area (Å²) in [5, 5.41) is 78.2. The molecule has 10 atom stereocenters. The number of carbonyl (C=O) groups is 1. The summed E-state index contributed by atoms with van der Waals surface area (Å²) in [6, 6.07) is 12.6. The van der Waals surface area contributed by atoms with Crippen LogP contribution in [0, 0.1) is 0 Å². The third kappa shape index (κ3) is 7.62. The zero-order chi connectivity index (χ0) is 30.4. The Morgan fingerprint density at radius 3 is 1.57 bits per heavy atom. The van der Waals surface area contributed by atoms with E-state index in [0.717, 1.165) is 0 Å². The molecule has 2 saturated heterocycles. The van der Waals surface area contributed by atoms with Crippen molar-refractivity contribution in [1.29, 1.82) is 0 Å². The van der Waals surface area contributed by atoms with E-state index in [1.54, 1.807) is 36.4 Å². The van der Waals surface area contributed by atoms with Crippen molar-refractivity contribution in [3.63, 3.8) is 0 Å². The average Bonchev–Trinajstić information content (AvgIpc) is 3.00. The highest BCUT2D eigenvalue weighted by Gasteiger charge is 2.45. The Kier molecular flexibility index (Phi) is 10.9. The summed E-state index contributed by atoms with van der Waals surface area (Å²) in [4.78, 5) is 12.2. The van der Waals surface area contributed by atoms with Crippen LogP contribution in [0.5, 0.6) is 11.5 Å². The van der Waals surface area contributed by atoms with Crippen LogP contribution in [0.1, 0.15) is 11.1 Å². The Morgan fingerprint density at radius 1 is 0.667 bits per heavy atom. The van der Waals surface area contributed by atoms with Crippen LogP contribution in [-0.2, 0) is 25.6 Å². The first-order valence-electron chi connectivity index (χ1n) is 13.1. The molecule has 14 nitrogen and oxygen atoms in total. The highest BCUT2D eigenvalue weighted by molar-refractivity contribution is 5.87. The molecular weight excluding hydrogens is 560 g/mol. The van der Waals surface area contributed by atoms with Gasteiger partial charge in [0.05, 0.1) is 13.2 Å². The third-order valence-corrected chi connectivity index (χ3v) is 6.80. The number of carbonyl (C=O) groups excluding carboxylic acids is 1. The van der Waals surface area contributed by atoms with E-state index in [-0.39, 0.29) is 18.1 Å². The van der Waals surface area contributed by atoms with E-state index < -0.39 is 80.6 Å². The Morgan fingerprint density at radius 2 is 1.12 bits per heavy atom. The van der Waals surface area contributed by atoms with Gasteiger partial charge in [0.25, 0.3) is 0 Å². The van der Waals surface area contributed by atoms with Gasteiger partial charge < -0.3 is 64.5 Å². The molecule has 2 aromatic rings. The highest BCUT2D eigenvalue weighted by atomic mass is 16.7. The Bertz CT molecular complexity index is 1170. The van der Waals surface area contributed by atoms with Crippen molar-refractivity contribution in [1.82, 2.24) is 0 Å². The lowest BCUT2D eigenvalue weighted by molar-refractivity contribution is -0.277. The van der Waals surface area contributed by atoms with Crippen molar-refractivity contribution in [3.8, 4) is 11.5 Å². The normalized spacial score (nSPS) is 33.3. The van der Waals surface area contributed by atoms with Crippen molar-refractivity contribution < 1.29 is 69.3 Å². The van der Waals surface area contributed by atoms with Gasteiger partial charge in [-0.15, -0.1) is 0 Å². The van der Waals surface area contributed by atoms with E-state index in [0.29, 0.717) is 11.1 Å². The Labute approximate surface area is 240 Å². The Balaban J connectivity index is 1.23. The van der Waals surface area contributed by atoms with E-state index >= 15 is 0 Å². The van der Waals surface area contributed by atoms with Crippen LogP contribution in [0.2, 0.25) is 0 Å². The molecule has 230 valence electrons. The molecular formula is C28H34O14. The summed E-state index contributed by atoms with van der Waals surface area (Å²) in [5.74, 6) is -0.0652. The number of aliphatic hydroxyl groups is 8. The second-order valence-corrected chi connectivity index (χ2v) is 9.78. The summed E-state index contributed by atoms with van der Waals surface area (Å²) in [6.45, 7) is -1.19. The smallest absolute Gasteiger partial charge is 0.331 e. The molecule has 0 amide bonds. The maximum Gasteiger partial charge on any atom is 0.331 e. The second kappa shape index (κ2) is 14.3. The van der Waals surface area contributed by atoms with E-state index in [9.17, 15) is 45.6 Å². The van der Waals surface area contributed by atoms with Crippen LogP contribution >= 0.6 is 0 Å². The summed E-state index contributed by atoms with van der Waals surface area (Å²) in [7, 11) is 0. The number of ether oxygens (including phenoxy) is 5. The molecule has 2 aliphatic rings. The van der Waals surface area contributed by atoms with Crippen molar-refractivity contribution in [2.45, 2.75) is 68.0 Å².